The first kappa shape index (κ1) is 19.6. The molecular formula is C15H23ClN2O3. The minimum atomic E-state index is -0.872. The molecule has 0 amide bonds. The van der Waals surface area contributed by atoms with Crippen LogP contribution in [-0.4, -0.2) is 28.4 Å². The van der Waals surface area contributed by atoms with Crippen molar-refractivity contribution in [2.24, 2.45) is 11.8 Å². The van der Waals surface area contributed by atoms with Crippen LogP contribution >= 0.6 is 11.6 Å². The molecule has 0 heterocycles. The van der Waals surface area contributed by atoms with Crippen LogP contribution in [0.5, 0.6) is 0 Å². The van der Waals surface area contributed by atoms with Gasteiger partial charge in [-0.25, -0.2) is 4.79 Å². The summed E-state index contributed by atoms with van der Waals surface area (Å²) in [5.74, 6) is -1.18. The number of allylic oxidation sites excluding steroid dienone is 1. The molecule has 0 bridgehead atoms. The van der Waals surface area contributed by atoms with Gasteiger partial charge in [-0.2, -0.15) is 4.79 Å². The van der Waals surface area contributed by atoms with Gasteiger partial charge in [-0.1, -0.05) is 45.4 Å². The van der Waals surface area contributed by atoms with Crippen molar-refractivity contribution < 1.29 is 19.1 Å². The molecule has 0 rings (SSSR count). The molecule has 0 fully saturated rings. The molecule has 0 aliphatic carbocycles. The summed E-state index contributed by atoms with van der Waals surface area (Å²) in [6.07, 6.45) is 2.61. The van der Waals surface area contributed by atoms with Crippen molar-refractivity contribution in [3.05, 3.63) is 17.1 Å². The molecule has 0 spiro atoms. The second kappa shape index (κ2) is 10.3. The maximum absolute atomic E-state index is 12.0. The molecule has 0 aromatic heterocycles. The number of nitrogens with zero attached hydrogens (tertiary/aromatic N) is 2. The smallest absolute Gasteiger partial charge is 0.441 e. The maximum Gasteiger partial charge on any atom is 0.441 e. The number of ether oxygens (including phenoxy) is 1. The molecule has 0 saturated carbocycles. The summed E-state index contributed by atoms with van der Waals surface area (Å²) in [5, 5.41) is 0. The topological polar surface area (TPSA) is 79.8 Å². The standard InChI is InChI=1S/C15H23ClN2O3/c1-10(2)14(11(3)4)21-15(20)13(18-17)12(19)8-6-5-7-9-16/h7,9-11,14H,5-6,8H2,1-4H3/b9-7+. The summed E-state index contributed by atoms with van der Waals surface area (Å²) in [6, 6.07) is 0. The lowest BCUT2D eigenvalue weighted by Gasteiger charge is -2.23. The van der Waals surface area contributed by atoms with Gasteiger partial charge in [0.15, 0.2) is 0 Å². The van der Waals surface area contributed by atoms with Crippen LogP contribution in [-0.2, 0) is 14.3 Å². The van der Waals surface area contributed by atoms with E-state index in [0.29, 0.717) is 12.8 Å². The van der Waals surface area contributed by atoms with Crippen LogP contribution in [0.4, 0.5) is 0 Å². The Morgan fingerprint density at radius 3 is 2.24 bits per heavy atom. The summed E-state index contributed by atoms with van der Waals surface area (Å²) in [5.41, 5.74) is 9.72. The lowest BCUT2D eigenvalue weighted by atomic mass is 9.96. The summed E-state index contributed by atoms with van der Waals surface area (Å²) in [7, 11) is 0. The van der Waals surface area contributed by atoms with Crippen LogP contribution in [0.3, 0.4) is 0 Å². The van der Waals surface area contributed by atoms with Gasteiger partial charge in [-0.05, 0) is 24.7 Å². The van der Waals surface area contributed by atoms with E-state index >= 15 is 0 Å². The number of unbranched alkanes of at least 4 members (excludes halogenated alkanes) is 1. The number of hydrogen-bond acceptors (Lipinski definition) is 3. The predicted molar refractivity (Wildman–Crippen MR) is 82.0 cm³/mol. The maximum atomic E-state index is 12.0. The third-order valence-electron chi connectivity index (χ3n) is 2.98. The zero-order chi connectivity index (χ0) is 16.4. The molecule has 0 atom stereocenters. The highest BCUT2D eigenvalue weighted by Crippen LogP contribution is 2.16. The van der Waals surface area contributed by atoms with E-state index in [2.05, 4.69) is 4.79 Å². The van der Waals surface area contributed by atoms with Crippen LogP contribution in [0.25, 0.3) is 5.53 Å². The van der Waals surface area contributed by atoms with Gasteiger partial charge in [0, 0.05) is 12.0 Å². The molecule has 0 N–H and O–H groups in total. The number of carbonyl (C=O) groups excluding carboxylic acids is 2. The Labute approximate surface area is 130 Å². The van der Waals surface area contributed by atoms with Crippen LogP contribution in [0.1, 0.15) is 47.0 Å². The highest BCUT2D eigenvalue weighted by atomic mass is 35.5. The Balaban J connectivity index is 4.69. The fraction of sp³-hybridized carbons (Fsp3) is 0.667. The van der Waals surface area contributed by atoms with Gasteiger partial charge in [-0.15, -0.1) is 0 Å². The summed E-state index contributed by atoms with van der Waals surface area (Å²) < 4.78 is 5.29. The molecule has 0 aromatic carbocycles. The van der Waals surface area contributed by atoms with Gasteiger partial charge in [0.05, 0.1) is 0 Å². The van der Waals surface area contributed by atoms with Crippen molar-refractivity contribution in [3.8, 4) is 0 Å². The predicted octanol–water partition coefficient (Wildman–Crippen LogP) is 3.37. The van der Waals surface area contributed by atoms with Gasteiger partial charge in [0.1, 0.15) is 6.10 Å². The monoisotopic (exact) mass is 314 g/mol. The van der Waals surface area contributed by atoms with Crippen molar-refractivity contribution in [1.29, 1.82) is 0 Å². The van der Waals surface area contributed by atoms with E-state index in [4.69, 9.17) is 21.9 Å². The molecule has 0 aliphatic rings. The number of ketones is 1. The normalized spacial score (nSPS) is 11.2. The third-order valence-corrected chi connectivity index (χ3v) is 3.16. The molecule has 0 unspecified atom stereocenters. The summed E-state index contributed by atoms with van der Waals surface area (Å²) >= 11 is 5.37. The molecule has 0 saturated heterocycles. The molecule has 118 valence electrons. The van der Waals surface area contributed by atoms with Crippen molar-refractivity contribution in [2.75, 3.05) is 0 Å². The number of halogens is 1. The second-order valence-electron chi connectivity index (χ2n) is 5.48. The second-order valence-corrected chi connectivity index (χ2v) is 5.74. The van der Waals surface area contributed by atoms with Crippen molar-refractivity contribution in [3.63, 3.8) is 0 Å². The Kier molecular flexibility index (Phi) is 9.59. The summed E-state index contributed by atoms with van der Waals surface area (Å²) in [4.78, 5) is 26.6. The van der Waals surface area contributed by atoms with Gasteiger partial charge in [0.25, 0.3) is 5.78 Å². The van der Waals surface area contributed by atoms with Crippen LogP contribution < -0.4 is 0 Å². The van der Waals surface area contributed by atoms with E-state index in [0.717, 1.165) is 0 Å². The first-order valence-electron chi connectivity index (χ1n) is 7.06. The SMILES string of the molecule is CC(C)C(OC(=O)C(=[N+]=[N-])C(=O)CCC/C=C/Cl)C(C)C. The van der Waals surface area contributed by atoms with Crippen LogP contribution in [0.2, 0.25) is 0 Å². The molecule has 0 radical (unpaired) electrons. The van der Waals surface area contributed by atoms with Crippen LogP contribution in [0, 0.1) is 11.8 Å². The van der Waals surface area contributed by atoms with Crippen molar-refractivity contribution in [1.82, 2.24) is 0 Å². The quantitative estimate of drug-likeness (QED) is 0.163. The Morgan fingerprint density at radius 2 is 1.81 bits per heavy atom. The van der Waals surface area contributed by atoms with E-state index in [-0.39, 0.29) is 24.4 Å². The highest BCUT2D eigenvalue weighted by molar-refractivity contribution is 6.62. The number of esters is 1. The summed E-state index contributed by atoms with van der Waals surface area (Å²) in [6.45, 7) is 7.70. The van der Waals surface area contributed by atoms with E-state index in [1.54, 1.807) is 6.08 Å². The molecule has 5 nitrogen and oxygen atoms in total. The van der Waals surface area contributed by atoms with E-state index in [9.17, 15) is 9.59 Å². The number of carbonyl (C=O) groups is 2. The first-order valence-corrected chi connectivity index (χ1v) is 7.50. The van der Waals surface area contributed by atoms with Gasteiger partial charge >= 0.3 is 11.7 Å². The lowest BCUT2D eigenvalue weighted by Crippen LogP contribution is -2.35. The van der Waals surface area contributed by atoms with Crippen molar-refractivity contribution >= 4 is 29.1 Å². The van der Waals surface area contributed by atoms with E-state index in [1.165, 1.54) is 5.54 Å². The first-order chi connectivity index (χ1) is 9.84. The Hall–Kier alpha value is -1.45. The average molecular weight is 315 g/mol. The molecular weight excluding hydrogens is 292 g/mol. The molecule has 6 heteroatoms. The zero-order valence-corrected chi connectivity index (χ0v) is 13.8. The Morgan fingerprint density at radius 1 is 1.24 bits per heavy atom. The third kappa shape index (κ3) is 7.21. The van der Waals surface area contributed by atoms with Crippen LogP contribution in [0.15, 0.2) is 11.6 Å². The van der Waals surface area contributed by atoms with Crippen molar-refractivity contribution in [2.45, 2.75) is 53.1 Å². The Bertz CT molecular complexity index is 430. The fourth-order valence-electron chi connectivity index (χ4n) is 1.99. The number of Topliss-reactive ketones (excluding diaryl/α,β-unsaturated/α-hetero) is 1. The molecule has 0 aliphatic heterocycles. The van der Waals surface area contributed by atoms with E-state index in [1.807, 2.05) is 27.7 Å². The largest absolute Gasteiger partial charge is 0.453 e. The van der Waals surface area contributed by atoms with Gasteiger partial charge < -0.3 is 10.3 Å². The number of hydrogen-bond donors (Lipinski definition) is 0. The number of rotatable bonds is 9. The molecule has 21 heavy (non-hydrogen) atoms. The van der Waals surface area contributed by atoms with Gasteiger partial charge in [0.2, 0.25) is 0 Å². The zero-order valence-electron chi connectivity index (χ0n) is 13.0. The minimum absolute atomic E-state index is 0.101. The fourth-order valence-corrected chi connectivity index (χ4v) is 2.12. The average Bonchev–Trinajstić information content (AvgIpc) is 2.41. The highest BCUT2D eigenvalue weighted by Gasteiger charge is 2.34. The van der Waals surface area contributed by atoms with E-state index < -0.39 is 17.5 Å². The van der Waals surface area contributed by atoms with Gasteiger partial charge in [-0.3, -0.25) is 4.79 Å². The minimum Gasteiger partial charge on any atom is -0.453 e. The molecule has 0 aromatic rings. The lowest BCUT2D eigenvalue weighted by molar-refractivity contribution is -0.151.